The van der Waals surface area contributed by atoms with Gasteiger partial charge in [0.05, 0.1) is 12.7 Å². The lowest BCUT2D eigenvalue weighted by Gasteiger charge is -2.33. The van der Waals surface area contributed by atoms with E-state index in [2.05, 4.69) is 53.3 Å². The largest absolute Gasteiger partial charge is 0.382 e. The van der Waals surface area contributed by atoms with Gasteiger partial charge < -0.3 is 14.8 Å². The molecule has 2 unspecified atom stereocenters. The highest BCUT2D eigenvalue weighted by Gasteiger charge is 2.25. The van der Waals surface area contributed by atoms with Crippen LogP contribution in [0, 0.1) is 5.92 Å². The number of anilines is 1. The van der Waals surface area contributed by atoms with Gasteiger partial charge in [-0.15, -0.1) is 0 Å². The molecule has 0 aromatic heterocycles. The van der Waals surface area contributed by atoms with Crippen molar-refractivity contribution >= 4 is 21.6 Å². The number of methoxy groups -OCH3 is 1. The SMILES string of the molecule is COCc1c(Br)cccc1NC1CCOC(C(C)C)C1. The number of rotatable bonds is 5. The number of benzene rings is 1. The van der Waals surface area contributed by atoms with Gasteiger partial charge in [0, 0.05) is 35.5 Å². The fourth-order valence-corrected chi connectivity index (χ4v) is 3.11. The first-order valence-corrected chi connectivity index (χ1v) is 8.05. The van der Waals surface area contributed by atoms with E-state index in [1.165, 1.54) is 5.56 Å². The summed E-state index contributed by atoms with van der Waals surface area (Å²) in [6, 6.07) is 6.71. The highest BCUT2D eigenvalue weighted by atomic mass is 79.9. The summed E-state index contributed by atoms with van der Waals surface area (Å²) in [5.74, 6) is 0.570. The molecule has 1 N–H and O–H groups in total. The Morgan fingerprint density at radius 2 is 2.25 bits per heavy atom. The van der Waals surface area contributed by atoms with Crippen molar-refractivity contribution in [1.29, 1.82) is 0 Å². The van der Waals surface area contributed by atoms with Gasteiger partial charge in [-0.3, -0.25) is 0 Å². The van der Waals surface area contributed by atoms with Gasteiger partial charge in [0.15, 0.2) is 0 Å². The van der Waals surface area contributed by atoms with Crippen molar-refractivity contribution in [3.8, 4) is 0 Å². The minimum Gasteiger partial charge on any atom is -0.382 e. The first-order chi connectivity index (χ1) is 9.61. The molecular formula is C16H24BrNO2. The molecule has 3 nitrogen and oxygen atoms in total. The molecule has 2 rings (SSSR count). The smallest absolute Gasteiger partial charge is 0.0744 e. The third-order valence-electron chi connectivity index (χ3n) is 3.83. The predicted molar refractivity (Wildman–Crippen MR) is 86.1 cm³/mol. The van der Waals surface area contributed by atoms with Gasteiger partial charge in [0.25, 0.3) is 0 Å². The van der Waals surface area contributed by atoms with E-state index in [1.54, 1.807) is 7.11 Å². The second-order valence-electron chi connectivity index (χ2n) is 5.72. The molecule has 0 spiro atoms. The van der Waals surface area contributed by atoms with Crippen LogP contribution in [0.3, 0.4) is 0 Å². The molecule has 4 heteroatoms. The monoisotopic (exact) mass is 341 g/mol. The van der Waals surface area contributed by atoms with E-state index in [4.69, 9.17) is 9.47 Å². The van der Waals surface area contributed by atoms with E-state index in [1.807, 2.05) is 0 Å². The minimum atomic E-state index is 0.360. The summed E-state index contributed by atoms with van der Waals surface area (Å²) in [4.78, 5) is 0. The molecule has 0 saturated carbocycles. The zero-order valence-electron chi connectivity index (χ0n) is 12.5. The molecule has 20 heavy (non-hydrogen) atoms. The average molecular weight is 342 g/mol. The Balaban J connectivity index is 2.07. The summed E-state index contributed by atoms with van der Waals surface area (Å²) in [7, 11) is 1.73. The lowest BCUT2D eigenvalue weighted by molar-refractivity contribution is -0.0161. The molecule has 0 aliphatic carbocycles. The third-order valence-corrected chi connectivity index (χ3v) is 4.57. The zero-order chi connectivity index (χ0) is 14.5. The molecule has 1 saturated heterocycles. The second-order valence-corrected chi connectivity index (χ2v) is 6.57. The van der Waals surface area contributed by atoms with Crippen molar-refractivity contribution in [3.63, 3.8) is 0 Å². The van der Waals surface area contributed by atoms with E-state index in [9.17, 15) is 0 Å². The van der Waals surface area contributed by atoms with Crippen molar-refractivity contribution in [1.82, 2.24) is 0 Å². The molecule has 0 amide bonds. The molecule has 0 bridgehead atoms. The van der Waals surface area contributed by atoms with Crippen molar-refractivity contribution in [2.24, 2.45) is 5.92 Å². The second kappa shape index (κ2) is 7.43. The van der Waals surface area contributed by atoms with E-state index < -0.39 is 0 Å². The van der Waals surface area contributed by atoms with Crippen LogP contribution in [0.2, 0.25) is 0 Å². The Hall–Kier alpha value is -0.580. The standard InChI is InChI=1S/C16H24BrNO2/c1-11(2)16-9-12(7-8-20-16)18-15-6-4-5-14(17)13(15)10-19-3/h4-6,11-12,16,18H,7-10H2,1-3H3. The maximum atomic E-state index is 5.83. The molecule has 0 radical (unpaired) electrons. The van der Waals surface area contributed by atoms with Crippen LogP contribution in [-0.2, 0) is 16.1 Å². The Labute approximate surface area is 130 Å². The van der Waals surface area contributed by atoms with Crippen LogP contribution >= 0.6 is 15.9 Å². The van der Waals surface area contributed by atoms with Crippen LogP contribution in [0.4, 0.5) is 5.69 Å². The van der Waals surface area contributed by atoms with Gasteiger partial charge in [-0.25, -0.2) is 0 Å². The van der Waals surface area contributed by atoms with E-state index in [-0.39, 0.29) is 0 Å². The Morgan fingerprint density at radius 1 is 1.45 bits per heavy atom. The maximum Gasteiger partial charge on any atom is 0.0744 e. The first kappa shape index (κ1) is 15.8. The van der Waals surface area contributed by atoms with Crippen molar-refractivity contribution in [2.45, 2.75) is 45.4 Å². The van der Waals surface area contributed by atoms with E-state index >= 15 is 0 Å². The summed E-state index contributed by atoms with van der Waals surface area (Å²) < 4.78 is 12.2. The molecule has 1 aliphatic rings. The van der Waals surface area contributed by atoms with Gasteiger partial charge in [0.2, 0.25) is 0 Å². The summed E-state index contributed by atoms with van der Waals surface area (Å²) in [6.07, 6.45) is 2.48. The van der Waals surface area contributed by atoms with Crippen LogP contribution in [-0.4, -0.2) is 25.9 Å². The maximum absolute atomic E-state index is 5.83. The average Bonchev–Trinajstić information content (AvgIpc) is 2.43. The Bertz CT molecular complexity index is 436. The number of nitrogens with one attached hydrogen (secondary N) is 1. The lowest BCUT2D eigenvalue weighted by atomic mass is 9.95. The van der Waals surface area contributed by atoms with Crippen LogP contribution in [0.5, 0.6) is 0 Å². The van der Waals surface area contributed by atoms with Crippen LogP contribution in [0.1, 0.15) is 32.3 Å². The highest BCUT2D eigenvalue weighted by molar-refractivity contribution is 9.10. The van der Waals surface area contributed by atoms with Gasteiger partial charge in [-0.05, 0) is 30.9 Å². The molecule has 1 aliphatic heterocycles. The zero-order valence-corrected chi connectivity index (χ0v) is 14.1. The molecule has 2 atom stereocenters. The molecule has 112 valence electrons. The van der Waals surface area contributed by atoms with E-state index in [0.29, 0.717) is 24.7 Å². The summed E-state index contributed by atoms with van der Waals surface area (Å²) >= 11 is 3.60. The fraction of sp³-hybridized carbons (Fsp3) is 0.625. The molecular weight excluding hydrogens is 318 g/mol. The fourth-order valence-electron chi connectivity index (χ4n) is 2.63. The number of hydrogen-bond donors (Lipinski definition) is 1. The third kappa shape index (κ3) is 3.96. The van der Waals surface area contributed by atoms with Crippen LogP contribution < -0.4 is 5.32 Å². The normalized spacial score (nSPS) is 23.1. The molecule has 1 aromatic rings. The number of halogens is 1. The number of hydrogen-bond acceptors (Lipinski definition) is 3. The Morgan fingerprint density at radius 3 is 2.95 bits per heavy atom. The molecule has 1 aromatic carbocycles. The summed E-state index contributed by atoms with van der Waals surface area (Å²) in [6.45, 7) is 5.90. The molecule has 1 fully saturated rings. The topological polar surface area (TPSA) is 30.5 Å². The van der Waals surface area contributed by atoms with Gasteiger partial charge >= 0.3 is 0 Å². The quantitative estimate of drug-likeness (QED) is 0.869. The summed E-state index contributed by atoms with van der Waals surface area (Å²) in [5.41, 5.74) is 2.35. The van der Waals surface area contributed by atoms with Crippen molar-refractivity contribution < 1.29 is 9.47 Å². The van der Waals surface area contributed by atoms with Gasteiger partial charge in [-0.2, -0.15) is 0 Å². The highest BCUT2D eigenvalue weighted by Crippen LogP contribution is 2.29. The summed E-state index contributed by atoms with van der Waals surface area (Å²) in [5, 5.41) is 3.67. The number of ether oxygens (including phenoxy) is 2. The van der Waals surface area contributed by atoms with Crippen molar-refractivity contribution in [2.75, 3.05) is 19.0 Å². The van der Waals surface area contributed by atoms with Crippen LogP contribution in [0.25, 0.3) is 0 Å². The lowest BCUT2D eigenvalue weighted by Crippen LogP contribution is -2.36. The van der Waals surface area contributed by atoms with Crippen LogP contribution in [0.15, 0.2) is 22.7 Å². The van der Waals surface area contributed by atoms with E-state index in [0.717, 1.165) is 29.6 Å². The van der Waals surface area contributed by atoms with Crippen molar-refractivity contribution in [3.05, 3.63) is 28.2 Å². The van der Waals surface area contributed by atoms with Gasteiger partial charge in [0.1, 0.15) is 0 Å². The van der Waals surface area contributed by atoms with Gasteiger partial charge in [-0.1, -0.05) is 35.8 Å². The first-order valence-electron chi connectivity index (χ1n) is 7.26. The predicted octanol–water partition coefficient (Wildman–Crippen LogP) is 4.21. The Kier molecular flexibility index (Phi) is 5.87. The molecule has 1 heterocycles. The minimum absolute atomic E-state index is 0.360.